The Balaban J connectivity index is 1.73. The van der Waals surface area contributed by atoms with E-state index in [0.717, 1.165) is 25.7 Å². The van der Waals surface area contributed by atoms with E-state index in [1.165, 1.54) is 4.31 Å². The highest BCUT2D eigenvalue weighted by molar-refractivity contribution is 7.89. The SMILES string of the molecule is COc1cc(C)c(S(=O)(=O)N2CCN(C(=O)C3CCCC3)CC2)c(C)c1. The van der Waals surface area contributed by atoms with Crippen LogP contribution in [0.2, 0.25) is 0 Å². The van der Waals surface area contributed by atoms with E-state index in [0.29, 0.717) is 48.0 Å². The average Bonchev–Trinajstić information content (AvgIpc) is 3.15. The molecule has 0 spiro atoms. The van der Waals surface area contributed by atoms with Gasteiger partial charge in [-0.1, -0.05) is 12.8 Å². The molecule has 2 aliphatic rings. The van der Waals surface area contributed by atoms with Gasteiger partial charge in [0.1, 0.15) is 5.75 Å². The Morgan fingerprint density at radius 1 is 1.04 bits per heavy atom. The van der Waals surface area contributed by atoms with Gasteiger partial charge in [0.15, 0.2) is 0 Å². The Kier molecular flexibility index (Phi) is 5.58. The third-order valence-electron chi connectivity index (χ3n) is 5.52. The number of piperazine rings is 1. The maximum absolute atomic E-state index is 13.1. The molecule has 0 unspecified atom stereocenters. The molecule has 1 aliphatic carbocycles. The molecule has 1 saturated heterocycles. The first-order valence-corrected chi connectivity index (χ1v) is 10.7. The minimum atomic E-state index is -3.58. The standard InChI is InChI=1S/C19H28N2O4S/c1-14-12-17(25-3)13-15(2)18(14)26(23,24)21-10-8-20(9-11-21)19(22)16-6-4-5-7-16/h12-13,16H,4-11H2,1-3H3. The summed E-state index contributed by atoms with van der Waals surface area (Å²) in [6.45, 7) is 5.24. The second-order valence-corrected chi connectivity index (χ2v) is 9.18. The molecule has 26 heavy (non-hydrogen) atoms. The summed E-state index contributed by atoms with van der Waals surface area (Å²) in [6, 6.07) is 3.50. The van der Waals surface area contributed by atoms with Crippen molar-refractivity contribution in [3.8, 4) is 5.75 Å². The molecule has 1 heterocycles. The third kappa shape index (κ3) is 3.60. The monoisotopic (exact) mass is 380 g/mol. The fraction of sp³-hybridized carbons (Fsp3) is 0.632. The van der Waals surface area contributed by atoms with E-state index in [1.54, 1.807) is 33.1 Å². The molecule has 1 aliphatic heterocycles. The highest BCUT2D eigenvalue weighted by Gasteiger charge is 2.34. The quantitative estimate of drug-likeness (QED) is 0.804. The predicted molar refractivity (Wildman–Crippen MR) is 99.8 cm³/mol. The number of nitrogens with zero attached hydrogens (tertiary/aromatic N) is 2. The van der Waals surface area contributed by atoms with Crippen LogP contribution in [0.4, 0.5) is 0 Å². The molecule has 1 amide bonds. The number of benzene rings is 1. The van der Waals surface area contributed by atoms with Crippen molar-refractivity contribution in [1.29, 1.82) is 0 Å². The molecule has 0 bridgehead atoms. The minimum absolute atomic E-state index is 0.143. The Bertz CT molecular complexity index is 754. The second kappa shape index (κ2) is 7.56. The van der Waals surface area contributed by atoms with Gasteiger partial charge in [0.25, 0.3) is 0 Å². The van der Waals surface area contributed by atoms with Crippen molar-refractivity contribution >= 4 is 15.9 Å². The van der Waals surface area contributed by atoms with Gasteiger partial charge in [-0.25, -0.2) is 8.42 Å². The number of rotatable bonds is 4. The van der Waals surface area contributed by atoms with Gasteiger partial charge in [-0.3, -0.25) is 4.79 Å². The average molecular weight is 381 g/mol. The molecule has 0 atom stereocenters. The summed E-state index contributed by atoms with van der Waals surface area (Å²) in [5.41, 5.74) is 1.37. The smallest absolute Gasteiger partial charge is 0.243 e. The largest absolute Gasteiger partial charge is 0.497 e. The van der Waals surface area contributed by atoms with Crippen LogP contribution in [0, 0.1) is 19.8 Å². The molecule has 0 aromatic heterocycles. The van der Waals surface area contributed by atoms with E-state index in [-0.39, 0.29) is 11.8 Å². The van der Waals surface area contributed by atoms with Crippen LogP contribution in [0.1, 0.15) is 36.8 Å². The number of hydrogen-bond donors (Lipinski definition) is 0. The zero-order valence-corrected chi connectivity index (χ0v) is 16.6. The van der Waals surface area contributed by atoms with Crippen LogP contribution in [0.5, 0.6) is 5.75 Å². The maximum Gasteiger partial charge on any atom is 0.243 e. The van der Waals surface area contributed by atoms with Crippen LogP contribution in [-0.2, 0) is 14.8 Å². The zero-order chi connectivity index (χ0) is 18.9. The van der Waals surface area contributed by atoms with Gasteiger partial charge in [0.2, 0.25) is 15.9 Å². The number of sulfonamides is 1. The van der Waals surface area contributed by atoms with Crippen molar-refractivity contribution in [2.75, 3.05) is 33.3 Å². The van der Waals surface area contributed by atoms with E-state index >= 15 is 0 Å². The van der Waals surface area contributed by atoms with Gasteiger partial charge in [-0.15, -0.1) is 0 Å². The molecule has 1 aromatic rings. The van der Waals surface area contributed by atoms with Crippen LogP contribution in [0.3, 0.4) is 0 Å². The van der Waals surface area contributed by atoms with E-state index < -0.39 is 10.0 Å². The summed E-state index contributed by atoms with van der Waals surface area (Å²) in [6.07, 6.45) is 4.20. The van der Waals surface area contributed by atoms with Gasteiger partial charge < -0.3 is 9.64 Å². The molecule has 144 valence electrons. The number of hydrogen-bond acceptors (Lipinski definition) is 4. The van der Waals surface area contributed by atoms with Crippen molar-refractivity contribution in [3.63, 3.8) is 0 Å². The number of ether oxygens (including phenoxy) is 1. The van der Waals surface area contributed by atoms with Crippen LogP contribution in [-0.4, -0.2) is 56.8 Å². The number of amides is 1. The Labute approximate surface area is 156 Å². The normalized spacial score (nSPS) is 19.7. The Morgan fingerprint density at radius 3 is 2.08 bits per heavy atom. The van der Waals surface area contributed by atoms with E-state index in [9.17, 15) is 13.2 Å². The van der Waals surface area contributed by atoms with Crippen molar-refractivity contribution in [1.82, 2.24) is 9.21 Å². The highest BCUT2D eigenvalue weighted by atomic mass is 32.2. The Hall–Kier alpha value is -1.60. The highest BCUT2D eigenvalue weighted by Crippen LogP contribution is 2.30. The molecule has 7 heteroatoms. The summed E-state index contributed by atoms with van der Waals surface area (Å²) >= 11 is 0. The molecule has 1 aromatic carbocycles. The summed E-state index contributed by atoms with van der Waals surface area (Å²) in [5, 5.41) is 0. The predicted octanol–water partition coefficient (Wildman–Crippen LogP) is 2.34. The van der Waals surface area contributed by atoms with Gasteiger partial charge >= 0.3 is 0 Å². The molecular weight excluding hydrogens is 352 g/mol. The van der Waals surface area contributed by atoms with Crippen LogP contribution in [0.25, 0.3) is 0 Å². The minimum Gasteiger partial charge on any atom is -0.497 e. The van der Waals surface area contributed by atoms with Gasteiger partial charge in [-0.2, -0.15) is 4.31 Å². The second-order valence-electron chi connectivity index (χ2n) is 7.30. The van der Waals surface area contributed by atoms with Crippen LogP contribution < -0.4 is 4.74 Å². The number of methoxy groups -OCH3 is 1. The first-order chi connectivity index (χ1) is 12.3. The van der Waals surface area contributed by atoms with E-state index in [2.05, 4.69) is 0 Å². The lowest BCUT2D eigenvalue weighted by Crippen LogP contribution is -2.51. The molecule has 0 N–H and O–H groups in total. The van der Waals surface area contributed by atoms with Crippen molar-refractivity contribution in [2.45, 2.75) is 44.4 Å². The molecule has 6 nitrogen and oxygen atoms in total. The summed E-state index contributed by atoms with van der Waals surface area (Å²) < 4.78 is 33.0. The lowest BCUT2D eigenvalue weighted by atomic mass is 10.1. The molecule has 0 radical (unpaired) electrons. The number of carbonyl (C=O) groups excluding carboxylic acids is 1. The van der Waals surface area contributed by atoms with Crippen molar-refractivity contribution < 1.29 is 17.9 Å². The lowest BCUT2D eigenvalue weighted by Gasteiger charge is -2.35. The third-order valence-corrected chi connectivity index (χ3v) is 7.73. The summed E-state index contributed by atoms with van der Waals surface area (Å²) in [5.74, 6) is 1.01. The molecule has 2 fully saturated rings. The lowest BCUT2D eigenvalue weighted by molar-refractivity contribution is -0.136. The molecular formula is C19H28N2O4S. The Morgan fingerprint density at radius 2 is 1.58 bits per heavy atom. The molecule has 1 saturated carbocycles. The van der Waals surface area contributed by atoms with E-state index in [1.807, 2.05) is 4.90 Å². The first kappa shape index (κ1) is 19.2. The number of aryl methyl sites for hydroxylation is 2. The van der Waals surface area contributed by atoms with Gasteiger partial charge in [0.05, 0.1) is 12.0 Å². The molecule has 3 rings (SSSR count). The summed E-state index contributed by atoms with van der Waals surface area (Å²) in [7, 11) is -2.00. The van der Waals surface area contributed by atoms with E-state index in [4.69, 9.17) is 4.74 Å². The fourth-order valence-electron chi connectivity index (χ4n) is 4.14. The topological polar surface area (TPSA) is 66.9 Å². The maximum atomic E-state index is 13.1. The van der Waals surface area contributed by atoms with Gasteiger partial charge in [-0.05, 0) is 49.9 Å². The zero-order valence-electron chi connectivity index (χ0n) is 15.8. The van der Waals surface area contributed by atoms with Crippen molar-refractivity contribution in [3.05, 3.63) is 23.3 Å². The fourth-order valence-corrected chi connectivity index (χ4v) is 5.98. The van der Waals surface area contributed by atoms with Crippen molar-refractivity contribution in [2.24, 2.45) is 5.92 Å². The van der Waals surface area contributed by atoms with Crippen LogP contribution in [0.15, 0.2) is 17.0 Å². The first-order valence-electron chi connectivity index (χ1n) is 9.28. The van der Waals surface area contributed by atoms with Crippen LogP contribution >= 0.6 is 0 Å². The van der Waals surface area contributed by atoms with Gasteiger partial charge in [0, 0.05) is 32.1 Å². The summed E-state index contributed by atoms with van der Waals surface area (Å²) in [4.78, 5) is 14.7. The number of carbonyl (C=O) groups is 1.